The second-order valence-corrected chi connectivity index (χ2v) is 5.79. The normalized spacial score (nSPS) is 11.3. The van der Waals surface area contributed by atoms with Gasteiger partial charge in [0.25, 0.3) is 5.91 Å². The zero-order valence-electron chi connectivity index (χ0n) is 15.2. The van der Waals surface area contributed by atoms with Gasteiger partial charge in [-0.2, -0.15) is 22.0 Å². The number of nitrogens with zero attached hydrogens (tertiary/aromatic N) is 1. The van der Waals surface area contributed by atoms with Crippen molar-refractivity contribution in [2.24, 2.45) is 0 Å². The third-order valence-corrected chi connectivity index (χ3v) is 3.84. The highest BCUT2D eigenvalue weighted by molar-refractivity contribution is 6.01. The molecule has 0 aromatic heterocycles. The Morgan fingerprint density at radius 3 is 2.31 bits per heavy atom. The maximum Gasteiger partial charge on any atom is 0.418 e. The first kappa shape index (κ1) is 22.1. The molecule has 2 rings (SSSR count). The minimum atomic E-state index is -4.67. The zero-order chi connectivity index (χ0) is 21.6. The SMILES string of the molecule is CCN(CC(=O)Nc1ccccc1C(F)(F)F)C(=O)c1ccccc1OC(F)F. The lowest BCUT2D eigenvalue weighted by molar-refractivity contribution is -0.137. The van der Waals surface area contributed by atoms with E-state index in [9.17, 15) is 31.5 Å². The molecule has 2 amide bonds. The Bertz CT molecular complexity index is 871. The standard InChI is InChI=1S/C19H17F5N2O3/c1-2-26(17(28)12-7-3-6-10-15(12)29-18(20)21)11-16(27)25-14-9-5-4-8-13(14)19(22,23)24/h3-10,18H,2,11H2,1H3,(H,25,27). The van der Waals surface area contributed by atoms with Crippen LogP contribution in [0.2, 0.25) is 0 Å². The van der Waals surface area contributed by atoms with E-state index in [4.69, 9.17) is 0 Å². The van der Waals surface area contributed by atoms with Gasteiger partial charge in [-0.05, 0) is 31.2 Å². The van der Waals surface area contributed by atoms with E-state index in [1.807, 2.05) is 0 Å². The van der Waals surface area contributed by atoms with Gasteiger partial charge in [-0.1, -0.05) is 24.3 Å². The quantitative estimate of drug-likeness (QED) is 0.681. The molecule has 0 spiro atoms. The number of ether oxygens (including phenoxy) is 1. The number of hydrogen-bond donors (Lipinski definition) is 1. The summed E-state index contributed by atoms with van der Waals surface area (Å²) in [5, 5.41) is 2.13. The van der Waals surface area contributed by atoms with Crippen LogP contribution in [0.4, 0.5) is 27.6 Å². The van der Waals surface area contributed by atoms with E-state index < -0.39 is 42.4 Å². The van der Waals surface area contributed by atoms with Gasteiger partial charge in [-0.25, -0.2) is 0 Å². The molecule has 0 aliphatic rings. The summed E-state index contributed by atoms with van der Waals surface area (Å²) in [6.45, 7) is -2.19. The molecule has 10 heteroatoms. The topological polar surface area (TPSA) is 58.6 Å². The van der Waals surface area contributed by atoms with Crippen molar-refractivity contribution in [1.29, 1.82) is 0 Å². The van der Waals surface area contributed by atoms with Crippen LogP contribution >= 0.6 is 0 Å². The van der Waals surface area contributed by atoms with Crippen LogP contribution in [-0.4, -0.2) is 36.4 Å². The second-order valence-electron chi connectivity index (χ2n) is 5.79. The number of nitrogens with one attached hydrogen (secondary N) is 1. The smallest absolute Gasteiger partial charge is 0.418 e. The van der Waals surface area contributed by atoms with Gasteiger partial charge in [-0.3, -0.25) is 9.59 Å². The van der Waals surface area contributed by atoms with Crippen molar-refractivity contribution in [2.45, 2.75) is 19.7 Å². The van der Waals surface area contributed by atoms with E-state index >= 15 is 0 Å². The summed E-state index contributed by atoms with van der Waals surface area (Å²) in [6.07, 6.45) is -4.67. The van der Waals surface area contributed by atoms with Gasteiger partial charge in [0.15, 0.2) is 0 Å². The molecule has 2 aromatic carbocycles. The number of benzene rings is 2. The van der Waals surface area contributed by atoms with Crippen LogP contribution in [0.25, 0.3) is 0 Å². The Morgan fingerprint density at radius 2 is 1.69 bits per heavy atom. The number of alkyl halides is 5. The summed E-state index contributed by atoms with van der Waals surface area (Å²) < 4.78 is 68.5. The number of rotatable bonds is 7. The van der Waals surface area contributed by atoms with E-state index in [2.05, 4.69) is 10.1 Å². The van der Waals surface area contributed by atoms with Crippen LogP contribution in [0, 0.1) is 0 Å². The zero-order valence-corrected chi connectivity index (χ0v) is 15.2. The summed E-state index contributed by atoms with van der Waals surface area (Å²) in [4.78, 5) is 25.9. The minimum absolute atomic E-state index is 0.0101. The summed E-state index contributed by atoms with van der Waals surface area (Å²) in [6, 6.07) is 9.66. The van der Waals surface area contributed by atoms with Gasteiger partial charge in [0.2, 0.25) is 5.91 Å². The lowest BCUT2D eigenvalue weighted by Crippen LogP contribution is -2.38. The third kappa shape index (κ3) is 5.90. The van der Waals surface area contributed by atoms with Gasteiger partial charge in [0.05, 0.1) is 16.8 Å². The van der Waals surface area contributed by atoms with Gasteiger partial charge in [0, 0.05) is 6.54 Å². The second kappa shape index (κ2) is 9.35. The van der Waals surface area contributed by atoms with Crippen LogP contribution in [0.1, 0.15) is 22.8 Å². The average molecular weight is 416 g/mol. The Kier molecular flexibility index (Phi) is 7.13. The Balaban J connectivity index is 2.17. The fraction of sp³-hybridized carbons (Fsp3) is 0.263. The number of carbonyl (C=O) groups is 2. The number of likely N-dealkylation sites (N-methyl/N-ethyl adjacent to an activating group) is 1. The number of halogens is 5. The van der Waals surface area contributed by atoms with E-state index in [0.29, 0.717) is 0 Å². The minimum Gasteiger partial charge on any atom is -0.434 e. The van der Waals surface area contributed by atoms with E-state index in [1.165, 1.54) is 43.3 Å². The van der Waals surface area contributed by atoms with Crippen molar-refractivity contribution in [3.8, 4) is 5.75 Å². The largest absolute Gasteiger partial charge is 0.434 e. The van der Waals surface area contributed by atoms with Crippen LogP contribution < -0.4 is 10.1 Å². The monoisotopic (exact) mass is 416 g/mol. The molecule has 5 nitrogen and oxygen atoms in total. The van der Waals surface area contributed by atoms with Gasteiger partial charge in [0.1, 0.15) is 12.3 Å². The third-order valence-electron chi connectivity index (χ3n) is 3.84. The van der Waals surface area contributed by atoms with Crippen molar-refractivity contribution in [3.63, 3.8) is 0 Å². The number of hydrogen-bond acceptors (Lipinski definition) is 3. The van der Waals surface area contributed by atoms with Crippen LogP contribution in [-0.2, 0) is 11.0 Å². The lowest BCUT2D eigenvalue weighted by atomic mass is 10.1. The molecule has 0 fully saturated rings. The predicted molar refractivity (Wildman–Crippen MR) is 94.7 cm³/mol. The van der Waals surface area contributed by atoms with Crippen molar-refractivity contribution in [2.75, 3.05) is 18.4 Å². The van der Waals surface area contributed by atoms with Crippen LogP contribution in [0.15, 0.2) is 48.5 Å². The molecule has 0 radical (unpaired) electrons. The summed E-state index contributed by atoms with van der Waals surface area (Å²) in [7, 11) is 0. The van der Waals surface area contributed by atoms with Crippen LogP contribution in [0.5, 0.6) is 5.75 Å². The molecule has 1 N–H and O–H groups in total. The van der Waals surface area contributed by atoms with Gasteiger partial charge < -0.3 is 15.0 Å². The van der Waals surface area contributed by atoms with E-state index in [1.54, 1.807) is 0 Å². The number of amides is 2. The highest BCUT2D eigenvalue weighted by atomic mass is 19.4. The maximum absolute atomic E-state index is 13.0. The molecule has 156 valence electrons. The molecule has 0 aliphatic heterocycles. The Morgan fingerprint density at radius 1 is 1.07 bits per heavy atom. The van der Waals surface area contributed by atoms with Crippen molar-refractivity contribution in [1.82, 2.24) is 4.90 Å². The highest BCUT2D eigenvalue weighted by Gasteiger charge is 2.33. The molecular formula is C19H17F5N2O3. The fourth-order valence-corrected chi connectivity index (χ4v) is 2.54. The van der Waals surface area contributed by atoms with Crippen molar-refractivity contribution in [3.05, 3.63) is 59.7 Å². The maximum atomic E-state index is 13.0. The summed E-state index contributed by atoms with van der Waals surface area (Å²) in [5.74, 6) is -2.01. The highest BCUT2D eigenvalue weighted by Crippen LogP contribution is 2.34. The van der Waals surface area contributed by atoms with Gasteiger partial charge in [-0.15, -0.1) is 0 Å². The predicted octanol–water partition coefficient (Wildman–Crippen LogP) is 4.41. The first-order chi connectivity index (χ1) is 13.6. The summed E-state index contributed by atoms with van der Waals surface area (Å²) in [5.41, 5.74) is -1.67. The molecule has 2 aromatic rings. The molecule has 0 bridgehead atoms. The van der Waals surface area contributed by atoms with E-state index in [-0.39, 0.29) is 17.9 Å². The molecule has 29 heavy (non-hydrogen) atoms. The van der Waals surface area contributed by atoms with Crippen molar-refractivity contribution >= 4 is 17.5 Å². The molecular weight excluding hydrogens is 399 g/mol. The Hall–Kier alpha value is -3.17. The molecule has 0 saturated carbocycles. The molecule has 0 aliphatic carbocycles. The number of carbonyl (C=O) groups excluding carboxylic acids is 2. The first-order valence-electron chi connectivity index (χ1n) is 8.42. The summed E-state index contributed by atoms with van der Waals surface area (Å²) >= 11 is 0. The van der Waals surface area contributed by atoms with Crippen molar-refractivity contribution < 1.29 is 36.3 Å². The molecule has 0 atom stereocenters. The first-order valence-corrected chi connectivity index (χ1v) is 8.42. The fourth-order valence-electron chi connectivity index (χ4n) is 2.54. The molecule has 0 heterocycles. The number of para-hydroxylation sites is 2. The molecule has 0 unspecified atom stereocenters. The number of anilines is 1. The van der Waals surface area contributed by atoms with E-state index in [0.717, 1.165) is 17.0 Å². The average Bonchev–Trinajstić information content (AvgIpc) is 2.65. The lowest BCUT2D eigenvalue weighted by Gasteiger charge is -2.22. The van der Waals surface area contributed by atoms with Gasteiger partial charge >= 0.3 is 12.8 Å². The molecule has 0 saturated heterocycles. The Labute approximate surface area is 163 Å². The van der Waals surface area contributed by atoms with Crippen LogP contribution in [0.3, 0.4) is 0 Å².